The molecule has 0 radical (unpaired) electrons. The first kappa shape index (κ1) is 11.0. The van der Waals surface area contributed by atoms with Crippen LogP contribution < -0.4 is 0 Å². The van der Waals surface area contributed by atoms with Gasteiger partial charge in [0, 0.05) is 13.3 Å². The highest BCUT2D eigenvalue weighted by Gasteiger charge is 2.69. The van der Waals surface area contributed by atoms with Gasteiger partial charge in [0.15, 0.2) is 5.78 Å². The van der Waals surface area contributed by atoms with Crippen LogP contribution in [-0.2, 0) is 19.0 Å². The first-order valence-corrected chi connectivity index (χ1v) is 5.02. The lowest BCUT2D eigenvalue weighted by molar-refractivity contribution is -0.260. The van der Waals surface area contributed by atoms with Crippen LogP contribution in [0.2, 0.25) is 0 Å². The zero-order valence-electron chi connectivity index (χ0n) is 9.36. The average Bonchev–Trinajstić information content (AvgIpc) is 2.29. The molecule has 2 saturated heterocycles. The molecule has 0 spiro atoms. The minimum Gasteiger partial charge on any atom is -0.361 e. The van der Waals surface area contributed by atoms with Crippen LogP contribution in [0.5, 0.6) is 0 Å². The van der Waals surface area contributed by atoms with Crippen molar-refractivity contribution < 1.29 is 24.1 Å². The van der Waals surface area contributed by atoms with Gasteiger partial charge in [-0.2, -0.15) is 0 Å². The van der Waals surface area contributed by atoms with E-state index in [1.54, 1.807) is 6.92 Å². The Labute approximate surface area is 88.3 Å². The first-order chi connectivity index (χ1) is 6.71. The maximum Gasteiger partial charge on any atom is 0.231 e. The molecule has 0 amide bonds. The van der Waals surface area contributed by atoms with Gasteiger partial charge in [0.25, 0.3) is 0 Å². The molecule has 0 aromatic heterocycles. The average molecular weight is 216 g/mol. The maximum atomic E-state index is 11.3. The zero-order valence-corrected chi connectivity index (χ0v) is 9.36. The second-order valence-corrected chi connectivity index (χ2v) is 4.57. The van der Waals surface area contributed by atoms with Gasteiger partial charge in [-0.3, -0.25) is 4.79 Å². The summed E-state index contributed by atoms with van der Waals surface area (Å²) in [5, 5.41) is 10.2. The summed E-state index contributed by atoms with van der Waals surface area (Å²) in [5.74, 6) is -4.49. The molecule has 0 aliphatic carbocycles. The van der Waals surface area contributed by atoms with E-state index in [0.717, 1.165) is 0 Å². The summed E-state index contributed by atoms with van der Waals surface area (Å²) in [6.07, 6.45) is 0.142. The molecular weight excluding hydrogens is 200 g/mol. The lowest BCUT2D eigenvalue weighted by Gasteiger charge is -2.26. The second-order valence-electron chi connectivity index (χ2n) is 4.57. The molecule has 2 aliphatic rings. The number of hydrogen-bond donors (Lipinski definition) is 1. The Bertz CT molecular complexity index is 295. The Morgan fingerprint density at radius 2 is 2.00 bits per heavy atom. The highest BCUT2D eigenvalue weighted by Crippen LogP contribution is 2.51. The Hall–Kier alpha value is -0.490. The number of carbonyl (C=O) groups excluding carboxylic acids is 1. The van der Waals surface area contributed by atoms with Crippen LogP contribution in [-0.4, -0.2) is 34.4 Å². The lowest BCUT2D eigenvalue weighted by Crippen LogP contribution is -2.45. The number of fused-ring (bicyclic) bond motifs is 1. The number of Topliss-reactive ketones (excluding diaryl/α,β-unsaturated/α-hetero) is 1. The molecule has 5 nitrogen and oxygen atoms in total. The largest absolute Gasteiger partial charge is 0.361 e. The summed E-state index contributed by atoms with van der Waals surface area (Å²) in [5.41, 5.74) is 0. The van der Waals surface area contributed by atoms with Crippen molar-refractivity contribution in [1.29, 1.82) is 0 Å². The van der Waals surface area contributed by atoms with E-state index in [1.165, 1.54) is 13.8 Å². The minimum atomic E-state index is -1.53. The van der Waals surface area contributed by atoms with E-state index in [-0.39, 0.29) is 11.9 Å². The minimum absolute atomic E-state index is 0.156. The molecule has 0 aromatic carbocycles. The van der Waals surface area contributed by atoms with Crippen molar-refractivity contribution in [2.75, 3.05) is 0 Å². The Kier molecular flexibility index (Phi) is 2.05. The molecule has 0 bridgehead atoms. The van der Waals surface area contributed by atoms with E-state index < -0.39 is 17.4 Å². The molecule has 2 fully saturated rings. The van der Waals surface area contributed by atoms with Crippen LogP contribution in [0, 0.1) is 0 Å². The van der Waals surface area contributed by atoms with Crippen molar-refractivity contribution in [1.82, 2.24) is 0 Å². The third kappa shape index (κ3) is 1.34. The lowest BCUT2D eigenvalue weighted by atomic mass is 10.1. The number of ketones is 1. The summed E-state index contributed by atoms with van der Waals surface area (Å²) < 4.78 is 16.3. The Balaban J connectivity index is 2.32. The van der Waals surface area contributed by atoms with Crippen molar-refractivity contribution in [3.8, 4) is 0 Å². The molecule has 2 rings (SSSR count). The van der Waals surface area contributed by atoms with E-state index in [9.17, 15) is 9.90 Å². The van der Waals surface area contributed by atoms with Crippen LogP contribution >= 0.6 is 0 Å². The molecule has 0 unspecified atom stereocenters. The Morgan fingerprint density at radius 3 is 2.47 bits per heavy atom. The van der Waals surface area contributed by atoms with E-state index in [4.69, 9.17) is 14.2 Å². The normalized spacial score (nSPS) is 54.3. The standard InChI is InChI=1S/C10H16O5/c1-6-5-10(12)9(4,13-6)14-8(3,15-10)7(2)11/h6,12H,5H2,1-4H3/t6-,8+,9+,10-/m0/s1. The number of rotatable bonds is 1. The predicted molar refractivity (Wildman–Crippen MR) is 49.8 cm³/mol. The Morgan fingerprint density at radius 1 is 1.40 bits per heavy atom. The predicted octanol–water partition coefficient (Wildman–Crippen LogP) is 0.552. The van der Waals surface area contributed by atoms with E-state index in [1.807, 2.05) is 6.92 Å². The van der Waals surface area contributed by atoms with Crippen molar-refractivity contribution in [2.24, 2.45) is 0 Å². The van der Waals surface area contributed by atoms with Gasteiger partial charge in [-0.15, -0.1) is 0 Å². The number of ether oxygens (including phenoxy) is 3. The van der Waals surface area contributed by atoms with Crippen LogP contribution in [0.25, 0.3) is 0 Å². The topological polar surface area (TPSA) is 65.0 Å². The fourth-order valence-electron chi connectivity index (χ4n) is 2.19. The van der Waals surface area contributed by atoms with Gasteiger partial charge in [-0.1, -0.05) is 0 Å². The van der Waals surface area contributed by atoms with Crippen molar-refractivity contribution in [3.63, 3.8) is 0 Å². The van der Waals surface area contributed by atoms with Crippen LogP contribution in [0.3, 0.4) is 0 Å². The second kappa shape index (κ2) is 2.79. The quantitative estimate of drug-likeness (QED) is 0.693. The molecule has 86 valence electrons. The van der Waals surface area contributed by atoms with Gasteiger partial charge in [-0.05, 0) is 20.8 Å². The highest BCUT2D eigenvalue weighted by molar-refractivity contribution is 5.83. The summed E-state index contributed by atoms with van der Waals surface area (Å²) in [6.45, 7) is 6.26. The van der Waals surface area contributed by atoms with Crippen molar-refractivity contribution in [3.05, 3.63) is 0 Å². The molecule has 0 saturated carbocycles. The molecule has 2 heterocycles. The summed E-state index contributed by atoms with van der Waals surface area (Å²) in [7, 11) is 0. The van der Waals surface area contributed by atoms with E-state index >= 15 is 0 Å². The number of hydrogen-bond acceptors (Lipinski definition) is 5. The summed E-state index contributed by atoms with van der Waals surface area (Å²) in [4.78, 5) is 11.3. The maximum absolute atomic E-state index is 11.3. The highest BCUT2D eigenvalue weighted by atomic mass is 16.9. The van der Waals surface area contributed by atoms with Gasteiger partial charge in [0.05, 0.1) is 6.10 Å². The van der Waals surface area contributed by atoms with Gasteiger partial charge in [0.2, 0.25) is 17.4 Å². The van der Waals surface area contributed by atoms with Gasteiger partial charge in [-0.25, -0.2) is 0 Å². The SMILES string of the molecule is CC(=O)[C@]1(C)O[C@@]2(C)O[C@@H](C)C[C@]2(O)O1. The summed E-state index contributed by atoms with van der Waals surface area (Å²) >= 11 is 0. The number of carbonyl (C=O) groups is 1. The van der Waals surface area contributed by atoms with Gasteiger partial charge < -0.3 is 19.3 Å². The van der Waals surface area contributed by atoms with E-state index in [0.29, 0.717) is 6.42 Å². The van der Waals surface area contributed by atoms with Crippen LogP contribution in [0.1, 0.15) is 34.1 Å². The van der Waals surface area contributed by atoms with Gasteiger partial charge >= 0.3 is 0 Å². The number of aliphatic hydroxyl groups is 1. The first-order valence-electron chi connectivity index (χ1n) is 5.02. The molecule has 4 atom stereocenters. The molecular formula is C10H16O5. The fraction of sp³-hybridized carbons (Fsp3) is 0.900. The molecule has 1 N–H and O–H groups in total. The smallest absolute Gasteiger partial charge is 0.231 e. The zero-order chi connectivity index (χ0) is 11.5. The monoisotopic (exact) mass is 216 g/mol. The molecule has 2 aliphatic heterocycles. The van der Waals surface area contributed by atoms with E-state index in [2.05, 4.69) is 0 Å². The third-order valence-electron chi connectivity index (χ3n) is 3.09. The third-order valence-corrected chi connectivity index (χ3v) is 3.09. The van der Waals surface area contributed by atoms with Crippen molar-refractivity contribution in [2.45, 2.75) is 57.6 Å². The van der Waals surface area contributed by atoms with Crippen LogP contribution in [0.15, 0.2) is 0 Å². The molecule has 5 heteroatoms. The van der Waals surface area contributed by atoms with Crippen molar-refractivity contribution >= 4 is 5.78 Å². The summed E-state index contributed by atoms with van der Waals surface area (Å²) in [6, 6.07) is 0. The molecule has 0 aromatic rings. The molecule has 15 heavy (non-hydrogen) atoms. The van der Waals surface area contributed by atoms with Crippen LogP contribution in [0.4, 0.5) is 0 Å². The van der Waals surface area contributed by atoms with Gasteiger partial charge in [0.1, 0.15) is 0 Å². The fourth-order valence-corrected chi connectivity index (χ4v) is 2.19.